The van der Waals surface area contributed by atoms with Gasteiger partial charge in [-0.2, -0.15) is 0 Å². The number of para-hydroxylation sites is 2. The number of aromatic nitrogens is 3. The van der Waals surface area contributed by atoms with Gasteiger partial charge in [0.25, 0.3) is 0 Å². The maximum absolute atomic E-state index is 12.6. The van der Waals surface area contributed by atoms with Crippen LogP contribution in [-0.2, 0) is 9.84 Å². The van der Waals surface area contributed by atoms with Crippen LogP contribution in [0.25, 0.3) is 11.0 Å². The Morgan fingerprint density at radius 3 is 2.38 bits per heavy atom. The van der Waals surface area contributed by atoms with Crippen LogP contribution in [0.1, 0.15) is 27.2 Å². The minimum Gasteiger partial charge on any atom is -0.368 e. The maximum atomic E-state index is 12.6. The lowest BCUT2D eigenvalue weighted by Gasteiger charge is -2.24. The van der Waals surface area contributed by atoms with Gasteiger partial charge in [0.15, 0.2) is 14.9 Å². The number of anilines is 2. The molecule has 29 heavy (non-hydrogen) atoms. The largest absolute Gasteiger partial charge is 0.368 e. The van der Waals surface area contributed by atoms with Gasteiger partial charge in [-0.3, -0.25) is 0 Å². The standard InChI is InChI=1S/C21H27N5O2S/c1-21(2,3)29(27,28)19-10-9-16(15-22-19)25-11-6-12-26(14-13-25)20-23-17-7-4-5-8-18(17)24-20/h4-5,7-10,15H,6,11-14H2,1-3H3,(H,23,24). The van der Waals surface area contributed by atoms with E-state index in [9.17, 15) is 8.42 Å². The molecule has 1 aliphatic heterocycles. The topological polar surface area (TPSA) is 82.2 Å². The molecule has 3 heterocycles. The van der Waals surface area contributed by atoms with E-state index in [1.54, 1.807) is 33.0 Å². The summed E-state index contributed by atoms with van der Waals surface area (Å²) in [5.41, 5.74) is 2.97. The second-order valence-corrected chi connectivity index (χ2v) is 11.0. The van der Waals surface area contributed by atoms with Gasteiger partial charge in [-0.15, -0.1) is 0 Å². The molecule has 1 fully saturated rings. The van der Waals surface area contributed by atoms with Crippen LogP contribution in [0.2, 0.25) is 0 Å². The first-order valence-electron chi connectivity index (χ1n) is 9.91. The van der Waals surface area contributed by atoms with Gasteiger partial charge in [0.2, 0.25) is 5.95 Å². The second-order valence-electron chi connectivity index (χ2n) is 8.38. The van der Waals surface area contributed by atoms with Gasteiger partial charge in [-0.05, 0) is 51.5 Å². The van der Waals surface area contributed by atoms with Crippen molar-refractivity contribution in [1.82, 2.24) is 15.0 Å². The van der Waals surface area contributed by atoms with E-state index in [0.717, 1.165) is 55.3 Å². The summed E-state index contributed by atoms with van der Waals surface area (Å²) in [5, 5.41) is 0.132. The van der Waals surface area contributed by atoms with Crippen LogP contribution in [0.15, 0.2) is 47.6 Å². The van der Waals surface area contributed by atoms with Crippen LogP contribution in [0.4, 0.5) is 11.6 Å². The fourth-order valence-corrected chi connectivity index (χ4v) is 4.57. The van der Waals surface area contributed by atoms with Crippen LogP contribution in [0, 0.1) is 0 Å². The van der Waals surface area contributed by atoms with Crippen molar-refractivity contribution in [3.8, 4) is 0 Å². The van der Waals surface area contributed by atoms with Crippen LogP contribution in [-0.4, -0.2) is 54.3 Å². The van der Waals surface area contributed by atoms with E-state index in [-0.39, 0.29) is 5.03 Å². The molecule has 2 aromatic heterocycles. The summed E-state index contributed by atoms with van der Waals surface area (Å²) in [6.45, 7) is 8.55. The van der Waals surface area contributed by atoms with Crippen LogP contribution < -0.4 is 9.80 Å². The summed E-state index contributed by atoms with van der Waals surface area (Å²) in [4.78, 5) is 16.9. The Bertz CT molecular complexity index is 1070. The lowest BCUT2D eigenvalue weighted by molar-refractivity contribution is 0.556. The van der Waals surface area contributed by atoms with Crippen molar-refractivity contribution in [2.75, 3.05) is 36.0 Å². The van der Waals surface area contributed by atoms with Gasteiger partial charge in [-0.25, -0.2) is 18.4 Å². The Morgan fingerprint density at radius 1 is 0.966 bits per heavy atom. The highest BCUT2D eigenvalue weighted by atomic mass is 32.2. The average Bonchev–Trinajstić information content (AvgIpc) is 2.96. The van der Waals surface area contributed by atoms with Crippen molar-refractivity contribution < 1.29 is 8.42 Å². The Labute approximate surface area is 171 Å². The number of imidazole rings is 1. The molecule has 0 aliphatic carbocycles. The number of nitrogens with one attached hydrogen (secondary N) is 1. The highest BCUT2D eigenvalue weighted by molar-refractivity contribution is 7.92. The van der Waals surface area contributed by atoms with E-state index in [1.165, 1.54) is 0 Å². The minimum atomic E-state index is -3.44. The molecular weight excluding hydrogens is 386 g/mol. The minimum absolute atomic E-state index is 0.132. The molecule has 7 nitrogen and oxygen atoms in total. The third-order valence-corrected chi connectivity index (χ3v) is 7.74. The number of sulfone groups is 1. The third kappa shape index (κ3) is 3.81. The molecule has 1 aliphatic rings. The average molecular weight is 414 g/mol. The molecule has 0 bridgehead atoms. The maximum Gasteiger partial charge on any atom is 0.203 e. The number of benzene rings is 1. The van der Waals surface area contributed by atoms with E-state index in [2.05, 4.69) is 19.8 Å². The summed E-state index contributed by atoms with van der Waals surface area (Å²) < 4.78 is 24.3. The SMILES string of the molecule is CC(C)(C)S(=O)(=O)c1ccc(N2CCCN(c3nc4ccccc4[nH]3)CC2)cn1. The number of nitrogens with zero attached hydrogens (tertiary/aromatic N) is 4. The molecule has 1 saturated heterocycles. The van der Waals surface area contributed by atoms with E-state index in [1.807, 2.05) is 30.3 Å². The first-order chi connectivity index (χ1) is 13.8. The number of fused-ring (bicyclic) bond motifs is 1. The molecule has 0 unspecified atom stereocenters. The van der Waals surface area contributed by atoms with Crippen molar-refractivity contribution in [2.24, 2.45) is 0 Å². The van der Waals surface area contributed by atoms with Crippen LogP contribution >= 0.6 is 0 Å². The van der Waals surface area contributed by atoms with Crippen LogP contribution in [0.3, 0.4) is 0 Å². The van der Waals surface area contributed by atoms with E-state index in [4.69, 9.17) is 4.98 Å². The monoisotopic (exact) mass is 413 g/mol. The van der Waals surface area contributed by atoms with Gasteiger partial charge in [0.1, 0.15) is 0 Å². The van der Waals surface area contributed by atoms with Crippen molar-refractivity contribution in [1.29, 1.82) is 0 Å². The van der Waals surface area contributed by atoms with E-state index >= 15 is 0 Å². The number of rotatable bonds is 3. The Kier molecular flexibility index (Phi) is 4.98. The zero-order valence-corrected chi connectivity index (χ0v) is 17.9. The molecule has 3 aromatic rings. The Morgan fingerprint density at radius 2 is 1.69 bits per heavy atom. The van der Waals surface area contributed by atoms with Crippen molar-refractivity contribution in [2.45, 2.75) is 37.0 Å². The number of H-pyrrole nitrogens is 1. The second kappa shape index (κ2) is 7.33. The fourth-order valence-electron chi connectivity index (χ4n) is 3.51. The smallest absolute Gasteiger partial charge is 0.203 e. The lowest BCUT2D eigenvalue weighted by Crippen LogP contribution is -2.31. The molecule has 0 atom stereocenters. The molecule has 0 saturated carbocycles. The van der Waals surface area contributed by atoms with E-state index in [0.29, 0.717) is 0 Å². The first kappa shape index (κ1) is 19.7. The highest BCUT2D eigenvalue weighted by Crippen LogP contribution is 2.25. The molecular formula is C21H27N5O2S. The van der Waals surface area contributed by atoms with E-state index < -0.39 is 14.6 Å². The molecule has 1 aromatic carbocycles. The Hall–Kier alpha value is -2.61. The summed E-state index contributed by atoms with van der Waals surface area (Å²) in [6.07, 6.45) is 2.66. The van der Waals surface area contributed by atoms with Gasteiger partial charge in [-0.1, -0.05) is 12.1 Å². The zero-order valence-electron chi connectivity index (χ0n) is 17.1. The quantitative estimate of drug-likeness (QED) is 0.710. The summed E-state index contributed by atoms with van der Waals surface area (Å²) >= 11 is 0. The molecule has 154 valence electrons. The van der Waals surface area contributed by atoms with Crippen molar-refractivity contribution in [3.05, 3.63) is 42.6 Å². The summed E-state index contributed by atoms with van der Waals surface area (Å²) in [7, 11) is -3.44. The molecule has 4 rings (SSSR count). The predicted molar refractivity (Wildman–Crippen MR) is 116 cm³/mol. The molecule has 8 heteroatoms. The van der Waals surface area contributed by atoms with Gasteiger partial charge < -0.3 is 14.8 Å². The summed E-state index contributed by atoms with van der Waals surface area (Å²) in [6, 6.07) is 11.5. The number of hydrogen-bond donors (Lipinski definition) is 1. The van der Waals surface area contributed by atoms with Gasteiger partial charge >= 0.3 is 0 Å². The van der Waals surface area contributed by atoms with Crippen LogP contribution in [0.5, 0.6) is 0 Å². The molecule has 1 N–H and O–H groups in total. The Balaban J connectivity index is 1.48. The number of hydrogen-bond acceptors (Lipinski definition) is 6. The summed E-state index contributed by atoms with van der Waals surface area (Å²) in [5.74, 6) is 0.901. The number of aromatic amines is 1. The normalized spacial score (nSPS) is 16.2. The lowest BCUT2D eigenvalue weighted by atomic mass is 10.3. The predicted octanol–water partition coefficient (Wildman–Crippen LogP) is 3.25. The zero-order chi connectivity index (χ0) is 20.6. The fraction of sp³-hybridized carbons (Fsp3) is 0.429. The van der Waals surface area contributed by atoms with Crippen molar-refractivity contribution >= 4 is 32.5 Å². The molecule has 0 amide bonds. The highest BCUT2D eigenvalue weighted by Gasteiger charge is 2.32. The van der Waals surface area contributed by atoms with Gasteiger partial charge in [0.05, 0.1) is 27.7 Å². The van der Waals surface area contributed by atoms with Crippen molar-refractivity contribution in [3.63, 3.8) is 0 Å². The first-order valence-corrected chi connectivity index (χ1v) is 11.4. The molecule has 0 radical (unpaired) electrons. The third-order valence-electron chi connectivity index (χ3n) is 5.34. The number of pyridine rings is 1. The molecule has 0 spiro atoms. The van der Waals surface area contributed by atoms with Gasteiger partial charge in [0, 0.05) is 26.2 Å².